The Hall–Kier alpha value is -0.660. The maximum atomic E-state index is 12.7. The molecule has 1 aromatic rings. The second kappa shape index (κ2) is 6.69. The van der Waals surface area contributed by atoms with Crippen LogP contribution in [0.5, 0.6) is 0 Å². The molecule has 2 N–H and O–H groups in total. The summed E-state index contributed by atoms with van der Waals surface area (Å²) in [5.74, 6) is 0. The fourth-order valence-corrected chi connectivity index (χ4v) is 5.52. The van der Waals surface area contributed by atoms with E-state index in [2.05, 4.69) is 16.1 Å². The fourth-order valence-electron chi connectivity index (χ4n) is 4.11. The van der Waals surface area contributed by atoms with Crippen LogP contribution in [0.4, 0.5) is 0 Å². The molecule has 2 fully saturated rings. The molecule has 5 nitrogen and oxygen atoms in total. The van der Waals surface area contributed by atoms with Gasteiger partial charge in [-0.15, -0.1) is 12.4 Å². The summed E-state index contributed by atoms with van der Waals surface area (Å²) in [5.41, 5.74) is 2.40. The number of nitrogens with zero attached hydrogens (tertiary/aromatic N) is 1. The Morgan fingerprint density at radius 2 is 1.74 bits per heavy atom. The molecule has 0 aromatic heterocycles. The number of hydrogen-bond acceptors (Lipinski definition) is 3. The zero-order chi connectivity index (χ0) is 15.2. The van der Waals surface area contributed by atoms with E-state index in [-0.39, 0.29) is 18.4 Å². The lowest BCUT2D eigenvalue weighted by Crippen LogP contribution is -2.52. The maximum absolute atomic E-state index is 12.7. The summed E-state index contributed by atoms with van der Waals surface area (Å²) in [6, 6.07) is 9.20. The van der Waals surface area contributed by atoms with Crippen molar-refractivity contribution in [2.45, 2.75) is 56.8 Å². The van der Waals surface area contributed by atoms with Gasteiger partial charge in [0.05, 0.1) is 0 Å². The van der Waals surface area contributed by atoms with Crippen LogP contribution >= 0.6 is 12.4 Å². The molecule has 4 rings (SSSR count). The molecule has 23 heavy (non-hydrogen) atoms. The van der Waals surface area contributed by atoms with Crippen LogP contribution in [0.15, 0.2) is 24.3 Å². The van der Waals surface area contributed by atoms with Gasteiger partial charge in [-0.3, -0.25) is 0 Å². The lowest BCUT2D eigenvalue weighted by molar-refractivity contribution is 0.328. The van der Waals surface area contributed by atoms with Crippen LogP contribution in [-0.2, 0) is 23.2 Å². The van der Waals surface area contributed by atoms with Crippen molar-refractivity contribution in [2.75, 3.05) is 6.54 Å². The smallest absolute Gasteiger partial charge is 0.280 e. The van der Waals surface area contributed by atoms with E-state index in [4.69, 9.17) is 0 Å². The minimum atomic E-state index is -3.39. The summed E-state index contributed by atoms with van der Waals surface area (Å²) in [4.78, 5) is 0. The Labute approximate surface area is 144 Å². The first kappa shape index (κ1) is 17.2. The molecular formula is C16H24ClN3O2S. The van der Waals surface area contributed by atoms with Gasteiger partial charge in [0.2, 0.25) is 0 Å². The maximum Gasteiger partial charge on any atom is 0.280 e. The monoisotopic (exact) mass is 357 g/mol. The predicted octanol–water partition coefficient (Wildman–Crippen LogP) is 1.58. The highest BCUT2D eigenvalue weighted by atomic mass is 35.5. The number of benzene rings is 1. The first-order valence-electron chi connectivity index (χ1n) is 8.20. The highest BCUT2D eigenvalue weighted by Crippen LogP contribution is 2.28. The molecule has 2 unspecified atom stereocenters. The highest BCUT2D eigenvalue weighted by molar-refractivity contribution is 7.87. The molecular weight excluding hydrogens is 334 g/mol. The van der Waals surface area contributed by atoms with Gasteiger partial charge in [-0.1, -0.05) is 24.3 Å². The highest BCUT2D eigenvalue weighted by Gasteiger charge is 2.36. The van der Waals surface area contributed by atoms with Crippen LogP contribution < -0.4 is 10.0 Å². The van der Waals surface area contributed by atoms with Gasteiger partial charge in [-0.2, -0.15) is 17.4 Å². The second-order valence-corrected chi connectivity index (χ2v) is 8.48. The molecule has 2 saturated heterocycles. The Morgan fingerprint density at radius 1 is 1.09 bits per heavy atom. The van der Waals surface area contributed by atoms with Gasteiger partial charge in [-0.25, -0.2) is 0 Å². The lowest BCUT2D eigenvalue weighted by atomic mass is 10.0. The molecule has 3 heterocycles. The van der Waals surface area contributed by atoms with Gasteiger partial charge < -0.3 is 5.32 Å². The lowest BCUT2D eigenvalue weighted by Gasteiger charge is -2.33. The Balaban J connectivity index is 0.00000156. The van der Waals surface area contributed by atoms with Crippen molar-refractivity contribution in [1.29, 1.82) is 0 Å². The zero-order valence-electron chi connectivity index (χ0n) is 13.1. The summed E-state index contributed by atoms with van der Waals surface area (Å²) in [6.45, 7) is 1.06. The molecule has 0 spiro atoms. The molecule has 2 bridgehead atoms. The van der Waals surface area contributed by atoms with Gasteiger partial charge in [0.1, 0.15) is 0 Å². The van der Waals surface area contributed by atoms with Crippen LogP contribution in [0.2, 0.25) is 0 Å². The van der Waals surface area contributed by atoms with Crippen molar-refractivity contribution in [1.82, 2.24) is 14.3 Å². The molecule has 0 saturated carbocycles. The third kappa shape index (κ3) is 3.56. The summed E-state index contributed by atoms with van der Waals surface area (Å²) in [7, 11) is -3.39. The van der Waals surface area contributed by atoms with Crippen molar-refractivity contribution in [3.8, 4) is 0 Å². The number of hydrogen-bond donors (Lipinski definition) is 2. The van der Waals surface area contributed by atoms with Gasteiger partial charge in [-0.05, 0) is 43.2 Å². The Morgan fingerprint density at radius 3 is 2.43 bits per heavy atom. The topological polar surface area (TPSA) is 61.4 Å². The second-order valence-electron chi connectivity index (χ2n) is 6.78. The van der Waals surface area contributed by atoms with E-state index in [1.165, 1.54) is 18.4 Å². The standard InChI is InChI=1S/C16H23N3O2S.ClH/c20-22(21,18-16-9-14-5-6-15(10-16)17-14)19-8-7-12-3-1-2-4-13(12)11-19;/h1-4,14-18H,5-11H2;1H. The van der Waals surface area contributed by atoms with Gasteiger partial charge >= 0.3 is 0 Å². The molecule has 0 aliphatic carbocycles. The molecule has 3 aliphatic rings. The third-order valence-corrected chi connectivity index (χ3v) is 6.85. The van der Waals surface area contributed by atoms with Crippen molar-refractivity contribution in [2.24, 2.45) is 0 Å². The van der Waals surface area contributed by atoms with Crippen molar-refractivity contribution in [3.63, 3.8) is 0 Å². The van der Waals surface area contributed by atoms with Crippen LogP contribution in [0.25, 0.3) is 0 Å². The number of rotatable bonds is 3. The molecule has 0 radical (unpaired) electrons. The van der Waals surface area contributed by atoms with Crippen molar-refractivity contribution in [3.05, 3.63) is 35.4 Å². The van der Waals surface area contributed by atoms with Crippen LogP contribution in [-0.4, -0.2) is 37.4 Å². The quantitative estimate of drug-likeness (QED) is 0.863. The average Bonchev–Trinajstić information content (AvgIpc) is 2.85. The normalized spacial score (nSPS) is 30.5. The van der Waals surface area contributed by atoms with Crippen molar-refractivity contribution >= 4 is 22.6 Å². The number of fused-ring (bicyclic) bond motifs is 3. The zero-order valence-corrected chi connectivity index (χ0v) is 14.7. The summed E-state index contributed by atoms with van der Waals surface area (Å²) in [5, 5.41) is 3.55. The fraction of sp³-hybridized carbons (Fsp3) is 0.625. The van der Waals surface area contributed by atoms with E-state index in [9.17, 15) is 8.42 Å². The average molecular weight is 358 g/mol. The first-order chi connectivity index (χ1) is 10.6. The largest absolute Gasteiger partial charge is 0.311 e. The summed E-state index contributed by atoms with van der Waals surface area (Å²) in [6.07, 6.45) is 4.99. The summed E-state index contributed by atoms with van der Waals surface area (Å²) < 4.78 is 29.9. The van der Waals surface area contributed by atoms with Gasteiger partial charge in [0.25, 0.3) is 10.2 Å². The van der Waals surface area contributed by atoms with Crippen LogP contribution in [0.1, 0.15) is 36.8 Å². The molecule has 2 atom stereocenters. The molecule has 128 valence electrons. The third-order valence-electron chi connectivity index (χ3n) is 5.22. The first-order valence-corrected chi connectivity index (χ1v) is 9.64. The Kier molecular flexibility index (Phi) is 4.99. The molecule has 3 aliphatic heterocycles. The minimum Gasteiger partial charge on any atom is -0.311 e. The molecule has 7 heteroatoms. The SMILES string of the molecule is Cl.O=S(=O)(NC1CC2CCC(C1)N2)N1CCc2ccccc2C1. The van der Waals surface area contributed by atoms with Crippen molar-refractivity contribution < 1.29 is 8.42 Å². The summed E-state index contributed by atoms with van der Waals surface area (Å²) >= 11 is 0. The number of nitrogens with one attached hydrogen (secondary N) is 2. The van der Waals surface area contributed by atoms with E-state index in [1.807, 2.05) is 18.2 Å². The molecule has 1 aromatic carbocycles. The number of piperidine rings is 1. The predicted molar refractivity (Wildman–Crippen MR) is 92.8 cm³/mol. The molecule has 0 amide bonds. The Bertz CT molecular complexity index is 655. The van der Waals surface area contributed by atoms with Gasteiger partial charge in [0, 0.05) is 31.2 Å². The van der Waals surface area contributed by atoms with Gasteiger partial charge in [0.15, 0.2) is 0 Å². The number of halogens is 1. The van der Waals surface area contributed by atoms with Crippen LogP contribution in [0.3, 0.4) is 0 Å². The van der Waals surface area contributed by atoms with E-state index < -0.39 is 10.2 Å². The van der Waals surface area contributed by atoms with E-state index >= 15 is 0 Å². The van der Waals surface area contributed by atoms with E-state index in [1.54, 1.807) is 4.31 Å². The minimum absolute atomic E-state index is 0. The van der Waals surface area contributed by atoms with E-state index in [0.29, 0.717) is 25.2 Å². The van der Waals surface area contributed by atoms with E-state index in [0.717, 1.165) is 24.8 Å². The van der Waals surface area contributed by atoms with Crippen LogP contribution in [0, 0.1) is 0 Å².